The number of benzene rings is 2. The third-order valence-corrected chi connectivity index (χ3v) is 5.20. The number of piperidine rings is 1. The number of aromatic nitrogens is 1. The fourth-order valence-electron chi connectivity index (χ4n) is 3.68. The fraction of sp³-hybridized carbons (Fsp3) is 0.261. The molecule has 0 spiro atoms. The summed E-state index contributed by atoms with van der Waals surface area (Å²) in [6, 6.07) is 19.5. The second-order valence-corrected chi connectivity index (χ2v) is 7.25. The van der Waals surface area contributed by atoms with Crippen LogP contribution in [0, 0.1) is 5.92 Å². The summed E-state index contributed by atoms with van der Waals surface area (Å²) < 4.78 is 0. The number of carbonyl (C=O) groups excluding carboxylic acids is 2. The van der Waals surface area contributed by atoms with Crippen molar-refractivity contribution in [1.82, 2.24) is 9.88 Å². The number of pyridine rings is 1. The van der Waals surface area contributed by atoms with Gasteiger partial charge in [0.05, 0.1) is 29.7 Å². The van der Waals surface area contributed by atoms with E-state index >= 15 is 0 Å². The number of carbonyl (C=O) groups is 2. The van der Waals surface area contributed by atoms with Crippen LogP contribution < -0.4 is 5.32 Å². The van der Waals surface area contributed by atoms with Crippen LogP contribution in [0.4, 0.5) is 5.69 Å². The molecule has 5 nitrogen and oxygen atoms in total. The van der Waals surface area contributed by atoms with Crippen LogP contribution in [0.2, 0.25) is 0 Å². The van der Waals surface area contributed by atoms with E-state index in [9.17, 15) is 9.59 Å². The molecule has 28 heavy (non-hydrogen) atoms. The molecular formula is C23H23N3O2. The summed E-state index contributed by atoms with van der Waals surface area (Å²) in [6.45, 7) is 1.19. The van der Waals surface area contributed by atoms with Gasteiger partial charge in [-0.2, -0.15) is 0 Å². The molecule has 5 heteroatoms. The van der Waals surface area contributed by atoms with Gasteiger partial charge in [-0.3, -0.25) is 14.6 Å². The zero-order chi connectivity index (χ0) is 19.3. The van der Waals surface area contributed by atoms with E-state index in [1.165, 1.54) is 0 Å². The molecule has 0 bridgehead atoms. The number of anilines is 1. The minimum atomic E-state index is -0.194. The van der Waals surface area contributed by atoms with Crippen LogP contribution in [0.3, 0.4) is 0 Å². The normalized spacial score (nSPS) is 16.7. The van der Waals surface area contributed by atoms with Crippen LogP contribution in [0.1, 0.15) is 18.4 Å². The van der Waals surface area contributed by atoms with E-state index in [0.717, 1.165) is 29.3 Å². The highest BCUT2D eigenvalue weighted by Crippen LogP contribution is 2.21. The van der Waals surface area contributed by atoms with Crippen molar-refractivity contribution in [1.29, 1.82) is 0 Å². The van der Waals surface area contributed by atoms with Gasteiger partial charge in [-0.05, 0) is 30.5 Å². The van der Waals surface area contributed by atoms with Gasteiger partial charge in [0, 0.05) is 18.5 Å². The monoisotopic (exact) mass is 373 g/mol. The number of para-hydroxylation sites is 1. The quantitative estimate of drug-likeness (QED) is 0.759. The van der Waals surface area contributed by atoms with Crippen LogP contribution in [0.5, 0.6) is 0 Å². The third kappa shape index (κ3) is 4.19. The number of hydrogen-bond acceptors (Lipinski definition) is 3. The largest absolute Gasteiger partial charge is 0.342 e. The number of amides is 2. The van der Waals surface area contributed by atoms with Gasteiger partial charge < -0.3 is 10.2 Å². The molecule has 3 aromatic rings. The van der Waals surface area contributed by atoms with Gasteiger partial charge in [-0.15, -0.1) is 0 Å². The second-order valence-electron chi connectivity index (χ2n) is 7.25. The molecule has 1 atom stereocenters. The summed E-state index contributed by atoms with van der Waals surface area (Å²) in [7, 11) is 0. The number of nitrogens with zero attached hydrogens (tertiary/aromatic N) is 2. The molecule has 2 heterocycles. The Morgan fingerprint density at radius 1 is 1.07 bits per heavy atom. The first-order valence-electron chi connectivity index (χ1n) is 9.66. The van der Waals surface area contributed by atoms with Gasteiger partial charge >= 0.3 is 0 Å². The maximum absolute atomic E-state index is 12.8. The Balaban J connectivity index is 1.39. The van der Waals surface area contributed by atoms with Crippen LogP contribution in [-0.4, -0.2) is 34.8 Å². The first-order chi connectivity index (χ1) is 13.7. The van der Waals surface area contributed by atoms with E-state index in [1.807, 2.05) is 65.6 Å². The van der Waals surface area contributed by atoms with Crippen LogP contribution in [0.15, 0.2) is 66.9 Å². The van der Waals surface area contributed by atoms with Gasteiger partial charge in [0.15, 0.2) is 0 Å². The standard InChI is InChI=1S/C23H23N3O2/c27-22(13-17-7-2-1-3-8-17)26-12-6-10-19(16-26)23(28)25-20-14-18-9-4-5-11-21(18)24-15-20/h1-5,7-9,11,14-15,19H,6,10,12-13,16H2,(H,25,28)/t19-/m1/s1. The maximum Gasteiger partial charge on any atom is 0.229 e. The molecule has 0 radical (unpaired) electrons. The van der Waals surface area contributed by atoms with E-state index in [-0.39, 0.29) is 17.7 Å². The summed E-state index contributed by atoms with van der Waals surface area (Å²) in [5.41, 5.74) is 2.59. The molecular weight excluding hydrogens is 350 g/mol. The molecule has 4 rings (SSSR count). The van der Waals surface area contributed by atoms with Crippen molar-refractivity contribution in [3.63, 3.8) is 0 Å². The van der Waals surface area contributed by atoms with Crippen molar-refractivity contribution in [2.24, 2.45) is 5.92 Å². The van der Waals surface area contributed by atoms with Crippen molar-refractivity contribution in [3.8, 4) is 0 Å². The lowest BCUT2D eigenvalue weighted by atomic mass is 9.96. The molecule has 1 aliphatic heterocycles. The van der Waals surface area contributed by atoms with Gasteiger partial charge in [0.1, 0.15) is 0 Å². The van der Waals surface area contributed by atoms with E-state index in [0.29, 0.717) is 25.2 Å². The van der Waals surface area contributed by atoms with Gasteiger partial charge in [-0.25, -0.2) is 0 Å². The number of nitrogens with one attached hydrogen (secondary N) is 1. The Morgan fingerprint density at radius 2 is 1.86 bits per heavy atom. The van der Waals surface area contributed by atoms with Crippen LogP contribution in [-0.2, 0) is 16.0 Å². The topological polar surface area (TPSA) is 62.3 Å². The highest BCUT2D eigenvalue weighted by atomic mass is 16.2. The lowest BCUT2D eigenvalue weighted by molar-refractivity contribution is -0.133. The summed E-state index contributed by atoms with van der Waals surface area (Å²) in [5, 5.41) is 3.96. The number of likely N-dealkylation sites (tertiary alicyclic amines) is 1. The van der Waals surface area contributed by atoms with Crippen molar-refractivity contribution in [3.05, 3.63) is 72.4 Å². The average molecular weight is 373 g/mol. The molecule has 0 saturated carbocycles. The highest BCUT2D eigenvalue weighted by Gasteiger charge is 2.28. The van der Waals surface area contributed by atoms with Crippen molar-refractivity contribution in [2.75, 3.05) is 18.4 Å². The number of rotatable bonds is 4. The predicted molar refractivity (Wildman–Crippen MR) is 110 cm³/mol. The molecule has 2 amide bonds. The molecule has 1 aliphatic rings. The van der Waals surface area contributed by atoms with E-state index < -0.39 is 0 Å². The Hall–Kier alpha value is -3.21. The average Bonchev–Trinajstić information content (AvgIpc) is 2.74. The first kappa shape index (κ1) is 18.2. The molecule has 1 fully saturated rings. The summed E-state index contributed by atoms with van der Waals surface area (Å²) in [5.74, 6) is -0.162. The third-order valence-electron chi connectivity index (χ3n) is 5.20. The Labute approximate surface area is 164 Å². The van der Waals surface area contributed by atoms with Gasteiger partial charge in [0.2, 0.25) is 11.8 Å². The smallest absolute Gasteiger partial charge is 0.229 e. The number of hydrogen-bond donors (Lipinski definition) is 1. The fourth-order valence-corrected chi connectivity index (χ4v) is 3.68. The van der Waals surface area contributed by atoms with E-state index in [2.05, 4.69) is 10.3 Å². The molecule has 1 N–H and O–H groups in total. The van der Waals surface area contributed by atoms with Crippen molar-refractivity contribution < 1.29 is 9.59 Å². The maximum atomic E-state index is 12.8. The summed E-state index contributed by atoms with van der Waals surface area (Å²) >= 11 is 0. The molecule has 1 aromatic heterocycles. The molecule has 2 aromatic carbocycles. The predicted octanol–water partition coefficient (Wildman–Crippen LogP) is 3.65. The molecule has 1 saturated heterocycles. The van der Waals surface area contributed by atoms with Crippen LogP contribution >= 0.6 is 0 Å². The minimum Gasteiger partial charge on any atom is -0.342 e. The summed E-state index contributed by atoms with van der Waals surface area (Å²) in [6.07, 6.45) is 3.70. The first-order valence-corrected chi connectivity index (χ1v) is 9.66. The number of fused-ring (bicyclic) bond motifs is 1. The Kier molecular flexibility index (Phi) is 5.33. The molecule has 142 valence electrons. The van der Waals surface area contributed by atoms with Crippen molar-refractivity contribution in [2.45, 2.75) is 19.3 Å². The van der Waals surface area contributed by atoms with Crippen molar-refractivity contribution >= 4 is 28.4 Å². The van der Waals surface area contributed by atoms with Gasteiger partial charge in [0.25, 0.3) is 0 Å². The van der Waals surface area contributed by atoms with Gasteiger partial charge in [-0.1, -0.05) is 48.5 Å². The molecule has 0 aliphatic carbocycles. The lowest BCUT2D eigenvalue weighted by Gasteiger charge is -2.32. The lowest BCUT2D eigenvalue weighted by Crippen LogP contribution is -2.44. The van der Waals surface area contributed by atoms with E-state index in [4.69, 9.17) is 0 Å². The van der Waals surface area contributed by atoms with E-state index in [1.54, 1.807) is 6.20 Å². The molecule has 0 unspecified atom stereocenters. The van der Waals surface area contributed by atoms with Crippen LogP contribution in [0.25, 0.3) is 10.9 Å². The SMILES string of the molecule is O=C(Nc1cnc2ccccc2c1)[C@@H]1CCCN(C(=O)Cc2ccccc2)C1. The highest BCUT2D eigenvalue weighted by molar-refractivity contribution is 5.95. The second kappa shape index (κ2) is 8.21. The zero-order valence-electron chi connectivity index (χ0n) is 15.7. The Morgan fingerprint density at radius 3 is 2.71 bits per heavy atom. The summed E-state index contributed by atoms with van der Waals surface area (Å²) in [4.78, 5) is 31.6. The Bertz CT molecular complexity index is 987. The zero-order valence-corrected chi connectivity index (χ0v) is 15.7. The minimum absolute atomic E-state index is 0.0470.